The van der Waals surface area contributed by atoms with Gasteiger partial charge in [0.15, 0.2) is 0 Å². The highest BCUT2D eigenvalue weighted by Gasteiger charge is 2.10. The number of pyridine rings is 1. The first-order chi connectivity index (χ1) is 9.01. The van der Waals surface area contributed by atoms with E-state index < -0.39 is 5.82 Å². The molecule has 1 aromatic carbocycles. The molecule has 2 aromatic rings. The molecule has 0 bridgehead atoms. The van der Waals surface area contributed by atoms with E-state index in [2.05, 4.69) is 24.1 Å². The number of nitrogens with zero attached hydrogens (tertiary/aromatic N) is 1. The van der Waals surface area contributed by atoms with Gasteiger partial charge in [-0.15, -0.1) is 0 Å². The molecule has 0 saturated heterocycles. The number of anilines is 1. The molecule has 0 aliphatic carbocycles. The molecule has 2 rings (SSSR count). The summed E-state index contributed by atoms with van der Waals surface area (Å²) in [6.45, 7) is 7.11. The van der Waals surface area contributed by atoms with Crippen LogP contribution in [0.3, 0.4) is 0 Å². The van der Waals surface area contributed by atoms with Crippen LogP contribution in [-0.2, 0) is 6.42 Å². The van der Waals surface area contributed by atoms with Gasteiger partial charge >= 0.3 is 0 Å². The molecule has 0 unspecified atom stereocenters. The Labute approximate surface area is 118 Å². The van der Waals surface area contributed by atoms with Crippen molar-refractivity contribution in [3.8, 4) is 0 Å². The molecule has 0 spiro atoms. The molecule has 102 valence electrons. The van der Waals surface area contributed by atoms with E-state index in [9.17, 15) is 4.39 Å². The Balaban J connectivity index is 2.61. The van der Waals surface area contributed by atoms with E-state index in [-0.39, 0.29) is 5.02 Å². The lowest BCUT2D eigenvalue weighted by Crippen LogP contribution is -2.03. The molecular formula is C15H18ClFN2. The van der Waals surface area contributed by atoms with E-state index in [4.69, 9.17) is 11.6 Å². The highest BCUT2D eigenvalue weighted by molar-refractivity contribution is 6.31. The lowest BCUT2D eigenvalue weighted by Gasteiger charge is -2.12. The van der Waals surface area contributed by atoms with Crippen LogP contribution >= 0.6 is 11.6 Å². The Morgan fingerprint density at radius 2 is 2.05 bits per heavy atom. The SMILES string of the molecule is CCNc1cc(CC(C)C)nc2cc(F)c(Cl)cc12. The zero-order chi connectivity index (χ0) is 14.0. The largest absolute Gasteiger partial charge is 0.385 e. The van der Waals surface area contributed by atoms with Gasteiger partial charge in [-0.25, -0.2) is 4.39 Å². The number of benzene rings is 1. The highest BCUT2D eigenvalue weighted by Crippen LogP contribution is 2.29. The fourth-order valence-corrected chi connectivity index (χ4v) is 2.30. The van der Waals surface area contributed by atoms with Gasteiger partial charge in [0.2, 0.25) is 0 Å². The van der Waals surface area contributed by atoms with E-state index in [1.54, 1.807) is 6.07 Å². The molecule has 0 fully saturated rings. The van der Waals surface area contributed by atoms with Gasteiger partial charge < -0.3 is 5.32 Å². The van der Waals surface area contributed by atoms with Crippen molar-refractivity contribution in [1.29, 1.82) is 0 Å². The third-order valence-electron chi connectivity index (χ3n) is 2.89. The molecule has 0 saturated carbocycles. The van der Waals surface area contributed by atoms with Crippen LogP contribution in [0.25, 0.3) is 10.9 Å². The molecule has 0 radical (unpaired) electrons. The van der Waals surface area contributed by atoms with Crippen LogP contribution in [-0.4, -0.2) is 11.5 Å². The van der Waals surface area contributed by atoms with Crippen molar-refractivity contribution in [2.45, 2.75) is 27.2 Å². The minimum Gasteiger partial charge on any atom is -0.385 e. The molecule has 0 aliphatic rings. The van der Waals surface area contributed by atoms with E-state index in [1.165, 1.54) is 6.07 Å². The summed E-state index contributed by atoms with van der Waals surface area (Å²) in [7, 11) is 0. The number of halogens is 2. The molecule has 0 aliphatic heterocycles. The average molecular weight is 281 g/mol. The van der Waals surface area contributed by atoms with Crippen molar-refractivity contribution < 1.29 is 4.39 Å². The van der Waals surface area contributed by atoms with Crippen molar-refractivity contribution in [3.05, 3.63) is 34.7 Å². The van der Waals surface area contributed by atoms with Gasteiger partial charge in [0.1, 0.15) is 5.82 Å². The van der Waals surface area contributed by atoms with Gasteiger partial charge in [0.05, 0.1) is 10.5 Å². The third kappa shape index (κ3) is 3.16. The van der Waals surface area contributed by atoms with E-state index in [0.717, 1.165) is 29.7 Å². The van der Waals surface area contributed by atoms with Gasteiger partial charge in [0, 0.05) is 29.4 Å². The van der Waals surface area contributed by atoms with Crippen molar-refractivity contribution in [3.63, 3.8) is 0 Å². The lowest BCUT2D eigenvalue weighted by atomic mass is 10.1. The summed E-state index contributed by atoms with van der Waals surface area (Å²) in [6.07, 6.45) is 0.874. The van der Waals surface area contributed by atoms with E-state index in [0.29, 0.717) is 11.4 Å². The number of aromatic nitrogens is 1. The fourth-order valence-electron chi connectivity index (χ4n) is 2.14. The summed E-state index contributed by atoms with van der Waals surface area (Å²) < 4.78 is 13.6. The summed E-state index contributed by atoms with van der Waals surface area (Å²) in [5, 5.41) is 4.28. The molecule has 4 heteroatoms. The zero-order valence-electron chi connectivity index (χ0n) is 11.4. The van der Waals surface area contributed by atoms with Crippen LogP contribution in [0.2, 0.25) is 5.02 Å². The first kappa shape index (κ1) is 14.1. The number of rotatable bonds is 4. The normalized spacial score (nSPS) is 11.3. The summed E-state index contributed by atoms with van der Waals surface area (Å²) in [4.78, 5) is 4.52. The Morgan fingerprint density at radius 1 is 1.32 bits per heavy atom. The van der Waals surface area contributed by atoms with Crippen LogP contribution in [0.15, 0.2) is 18.2 Å². The molecule has 1 aromatic heterocycles. The summed E-state index contributed by atoms with van der Waals surface area (Å²) >= 11 is 5.85. The number of hydrogen-bond acceptors (Lipinski definition) is 2. The van der Waals surface area contributed by atoms with Gasteiger partial charge in [0.25, 0.3) is 0 Å². The van der Waals surface area contributed by atoms with Gasteiger partial charge in [-0.2, -0.15) is 0 Å². The zero-order valence-corrected chi connectivity index (χ0v) is 12.2. The Morgan fingerprint density at radius 3 is 2.68 bits per heavy atom. The van der Waals surface area contributed by atoms with Crippen LogP contribution in [0.4, 0.5) is 10.1 Å². The summed E-state index contributed by atoms with van der Waals surface area (Å²) in [5.41, 5.74) is 2.58. The van der Waals surface area contributed by atoms with Gasteiger partial charge in [-0.05, 0) is 31.4 Å². The first-order valence-electron chi connectivity index (χ1n) is 6.53. The summed E-state index contributed by atoms with van der Waals surface area (Å²) in [6, 6.07) is 5.07. The van der Waals surface area contributed by atoms with Gasteiger partial charge in [-0.1, -0.05) is 25.4 Å². The Kier molecular flexibility index (Phi) is 4.25. The lowest BCUT2D eigenvalue weighted by molar-refractivity contribution is 0.628. The van der Waals surface area contributed by atoms with Crippen LogP contribution in [0.1, 0.15) is 26.5 Å². The monoisotopic (exact) mass is 280 g/mol. The number of fused-ring (bicyclic) bond motifs is 1. The molecular weight excluding hydrogens is 263 g/mol. The van der Waals surface area contributed by atoms with Crippen LogP contribution < -0.4 is 5.32 Å². The quantitative estimate of drug-likeness (QED) is 0.881. The molecule has 1 heterocycles. The van der Waals surface area contributed by atoms with Crippen LogP contribution in [0, 0.1) is 11.7 Å². The third-order valence-corrected chi connectivity index (χ3v) is 3.18. The molecule has 2 nitrogen and oxygen atoms in total. The molecule has 19 heavy (non-hydrogen) atoms. The minimum atomic E-state index is -0.425. The highest BCUT2D eigenvalue weighted by atomic mass is 35.5. The standard InChI is InChI=1S/C15H18ClFN2/c1-4-18-14-6-10(5-9(2)3)19-15-8-13(17)12(16)7-11(14)15/h6-9H,4-5H2,1-3H3,(H,18,19). The van der Waals surface area contributed by atoms with Gasteiger partial charge in [-0.3, -0.25) is 4.98 Å². The van der Waals surface area contributed by atoms with Crippen LogP contribution in [0.5, 0.6) is 0 Å². The summed E-state index contributed by atoms with van der Waals surface area (Å²) in [5.74, 6) is 0.0855. The maximum atomic E-state index is 13.6. The Bertz CT molecular complexity index is 596. The molecule has 1 N–H and O–H groups in total. The first-order valence-corrected chi connectivity index (χ1v) is 6.91. The second kappa shape index (κ2) is 5.74. The predicted molar refractivity (Wildman–Crippen MR) is 79.4 cm³/mol. The number of nitrogens with one attached hydrogen (secondary N) is 1. The topological polar surface area (TPSA) is 24.9 Å². The van der Waals surface area contributed by atoms with E-state index >= 15 is 0 Å². The molecule has 0 atom stereocenters. The number of hydrogen-bond donors (Lipinski definition) is 1. The maximum Gasteiger partial charge on any atom is 0.143 e. The van der Waals surface area contributed by atoms with Crippen molar-refractivity contribution in [2.24, 2.45) is 5.92 Å². The van der Waals surface area contributed by atoms with E-state index in [1.807, 2.05) is 13.0 Å². The smallest absolute Gasteiger partial charge is 0.143 e. The second-order valence-electron chi connectivity index (χ2n) is 5.07. The minimum absolute atomic E-state index is 0.130. The van der Waals surface area contributed by atoms with Crippen molar-refractivity contribution in [1.82, 2.24) is 4.98 Å². The maximum absolute atomic E-state index is 13.6. The fraction of sp³-hybridized carbons (Fsp3) is 0.400. The van der Waals surface area contributed by atoms with Crippen molar-refractivity contribution in [2.75, 3.05) is 11.9 Å². The predicted octanol–water partition coefficient (Wildman–Crippen LogP) is 4.66. The average Bonchev–Trinajstić information content (AvgIpc) is 2.31. The Hall–Kier alpha value is -1.35. The van der Waals surface area contributed by atoms with Crippen molar-refractivity contribution >= 4 is 28.2 Å². The second-order valence-corrected chi connectivity index (χ2v) is 5.48. The molecule has 0 amide bonds.